The van der Waals surface area contributed by atoms with E-state index in [9.17, 15) is 0 Å². The minimum absolute atomic E-state index is 0.0974. The number of rotatable bonds is 2. The molecule has 0 aliphatic heterocycles. The second-order valence-electron chi connectivity index (χ2n) is 3.88. The average molecular weight is 168 g/mol. The lowest BCUT2D eigenvalue weighted by atomic mass is 10.2. The molecular weight excluding hydrogens is 152 g/mol. The van der Waals surface area contributed by atoms with Crippen molar-refractivity contribution in [2.45, 2.75) is 40.0 Å². The van der Waals surface area contributed by atoms with Crippen LogP contribution >= 0.6 is 0 Å². The predicted molar refractivity (Wildman–Crippen MR) is 47.8 cm³/mol. The molecule has 3 heteroatoms. The molecule has 0 aromatic carbocycles. The molecule has 0 amide bonds. The zero-order valence-electron chi connectivity index (χ0n) is 8.16. The van der Waals surface area contributed by atoms with E-state index in [0.29, 0.717) is 6.73 Å². The van der Waals surface area contributed by atoms with Crippen molar-refractivity contribution in [3.8, 4) is 0 Å². The summed E-state index contributed by atoms with van der Waals surface area (Å²) in [4.78, 5) is 0. The second-order valence-corrected chi connectivity index (χ2v) is 3.88. The van der Waals surface area contributed by atoms with Crippen LogP contribution in [-0.4, -0.2) is 15.4 Å². The van der Waals surface area contributed by atoms with Crippen LogP contribution in [0.1, 0.15) is 26.5 Å². The van der Waals surface area contributed by atoms with Crippen LogP contribution in [0.15, 0.2) is 12.3 Å². The van der Waals surface area contributed by atoms with Gasteiger partial charge >= 0.3 is 0 Å². The highest BCUT2D eigenvalue weighted by atomic mass is 16.5. The third kappa shape index (κ3) is 3.05. The lowest BCUT2D eigenvalue weighted by molar-refractivity contribution is -0.0480. The van der Waals surface area contributed by atoms with Gasteiger partial charge in [-0.3, -0.25) is 0 Å². The van der Waals surface area contributed by atoms with Crippen LogP contribution in [0.2, 0.25) is 0 Å². The Morgan fingerprint density at radius 1 is 1.50 bits per heavy atom. The maximum Gasteiger partial charge on any atom is 0.140 e. The zero-order valence-corrected chi connectivity index (χ0v) is 8.16. The quantitative estimate of drug-likeness (QED) is 0.675. The van der Waals surface area contributed by atoms with Crippen LogP contribution in [0.3, 0.4) is 0 Å². The van der Waals surface area contributed by atoms with Crippen molar-refractivity contribution in [2.75, 3.05) is 0 Å². The molecule has 0 atom stereocenters. The molecule has 0 saturated heterocycles. The number of ether oxygens (including phenoxy) is 1. The fourth-order valence-corrected chi connectivity index (χ4v) is 0.795. The molecule has 68 valence electrons. The fraction of sp³-hybridized carbons (Fsp3) is 0.667. The molecule has 0 aliphatic carbocycles. The predicted octanol–water partition coefficient (Wildman–Crippen LogP) is 1.96. The van der Waals surface area contributed by atoms with E-state index in [-0.39, 0.29) is 5.60 Å². The van der Waals surface area contributed by atoms with Gasteiger partial charge in [-0.05, 0) is 33.8 Å². The maximum atomic E-state index is 5.53. The van der Waals surface area contributed by atoms with Crippen LogP contribution < -0.4 is 0 Å². The highest BCUT2D eigenvalue weighted by Gasteiger charge is 2.09. The smallest absolute Gasteiger partial charge is 0.140 e. The standard InChI is InChI=1S/C9H16N2O/c1-8-5-6-11(10-8)7-12-9(2,3)4/h5-6H,7H2,1-4H3. The third-order valence-electron chi connectivity index (χ3n) is 1.40. The summed E-state index contributed by atoms with van der Waals surface area (Å²) in [6, 6.07) is 1.96. The minimum Gasteiger partial charge on any atom is -0.354 e. The molecular formula is C9H16N2O. The maximum absolute atomic E-state index is 5.53. The van der Waals surface area contributed by atoms with Crippen LogP contribution in [0.4, 0.5) is 0 Å². The van der Waals surface area contributed by atoms with Crippen molar-refractivity contribution in [2.24, 2.45) is 0 Å². The molecule has 1 aromatic rings. The van der Waals surface area contributed by atoms with E-state index in [1.165, 1.54) is 0 Å². The third-order valence-corrected chi connectivity index (χ3v) is 1.40. The summed E-state index contributed by atoms with van der Waals surface area (Å²) < 4.78 is 7.32. The summed E-state index contributed by atoms with van der Waals surface area (Å²) in [5.41, 5.74) is 0.923. The van der Waals surface area contributed by atoms with Gasteiger partial charge in [0.2, 0.25) is 0 Å². The first-order valence-electron chi connectivity index (χ1n) is 4.11. The molecule has 0 radical (unpaired) electrons. The summed E-state index contributed by atoms with van der Waals surface area (Å²) in [5, 5.41) is 4.21. The Bertz CT molecular complexity index is 247. The van der Waals surface area contributed by atoms with Crippen molar-refractivity contribution in [1.82, 2.24) is 9.78 Å². The molecule has 0 N–H and O–H groups in total. The van der Waals surface area contributed by atoms with Crippen molar-refractivity contribution >= 4 is 0 Å². The van der Waals surface area contributed by atoms with Gasteiger partial charge in [0, 0.05) is 6.20 Å². The fourth-order valence-electron chi connectivity index (χ4n) is 0.795. The Kier molecular flexibility index (Phi) is 2.52. The Hall–Kier alpha value is -0.830. The molecule has 0 aliphatic rings. The van der Waals surface area contributed by atoms with Crippen molar-refractivity contribution < 1.29 is 4.74 Å². The van der Waals surface area contributed by atoms with E-state index in [1.54, 1.807) is 4.68 Å². The van der Waals surface area contributed by atoms with E-state index in [0.717, 1.165) is 5.69 Å². The summed E-state index contributed by atoms with van der Waals surface area (Å²) in [5.74, 6) is 0. The average Bonchev–Trinajstić information content (AvgIpc) is 2.30. The molecule has 0 fully saturated rings. The van der Waals surface area contributed by atoms with Gasteiger partial charge in [-0.2, -0.15) is 5.10 Å². The highest BCUT2D eigenvalue weighted by molar-refractivity contribution is 4.94. The van der Waals surface area contributed by atoms with Gasteiger partial charge in [-0.1, -0.05) is 0 Å². The van der Waals surface area contributed by atoms with Crippen molar-refractivity contribution in [1.29, 1.82) is 0 Å². The molecule has 12 heavy (non-hydrogen) atoms. The van der Waals surface area contributed by atoms with Gasteiger partial charge in [-0.25, -0.2) is 4.68 Å². The van der Waals surface area contributed by atoms with Gasteiger partial charge in [0.05, 0.1) is 11.3 Å². The molecule has 3 nitrogen and oxygen atoms in total. The number of aryl methyl sites for hydroxylation is 1. The molecule has 0 bridgehead atoms. The van der Waals surface area contributed by atoms with Gasteiger partial charge in [-0.15, -0.1) is 0 Å². The topological polar surface area (TPSA) is 27.1 Å². The Labute approximate surface area is 73.3 Å². The van der Waals surface area contributed by atoms with E-state index in [2.05, 4.69) is 5.10 Å². The van der Waals surface area contributed by atoms with Crippen molar-refractivity contribution in [3.63, 3.8) is 0 Å². The van der Waals surface area contributed by atoms with Gasteiger partial charge in [0.15, 0.2) is 0 Å². The number of hydrogen-bond acceptors (Lipinski definition) is 2. The number of aromatic nitrogens is 2. The van der Waals surface area contributed by atoms with E-state index < -0.39 is 0 Å². The van der Waals surface area contributed by atoms with Gasteiger partial charge in [0.25, 0.3) is 0 Å². The number of hydrogen-bond donors (Lipinski definition) is 0. The molecule has 0 saturated carbocycles. The lowest BCUT2D eigenvalue weighted by Gasteiger charge is -2.19. The monoisotopic (exact) mass is 168 g/mol. The normalized spacial score (nSPS) is 12.0. The van der Waals surface area contributed by atoms with Crippen LogP contribution in [-0.2, 0) is 11.5 Å². The summed E-state index contributed by atoms with van der Waals surface area (Å²) in [6.07, 6.45) is 1.92. The summed E-state index contributed by atoms with van der Waals surface area (Å²) in [7, 11) is 0. The first-order valence-corrected chi connectivity index (χ1v) is 4.11. The van der Waals surface area contributed by atoms with Crippen LogP contribution in [0.5, 0.6) is 0 Å². The Morgan fingerprint density at radius 3 is 2.58 bits per heavy atom. The summed E-state index contributed by atoms with van der Waals surface area (Å²) >= 11 is 0. The minimum atomic E-state index is -0.0974. The number of nitrogens with zero attached hydrogens (tertiary/aromatic N) is 2. The van der Waals surface area contributed by atoms with E-state index >= 15 is 0 Å². The Morgan fingerprint density at radius 2 is 2.17 bits per heavy atom. The molecule has 1 aromatic heterocycles. The largest absolute Gasteiger partial charge is 0.354 e. The highest BCUT2D eigenvalue weighted by Crippen LogP contribution is 2.07. The second kappa shape index (κ2) is 3.27. The lowest BCUT2D eigenvalue weighted by Crippen LogP contribution is -2.21. The first-order chi connectivity index (χ1) is 5.47. The van der Waals surface area contributed by atoms with Crippen molar-refractivity contribution in [3.05, 3.63) is 18.0 Å². The SMILES string of the molecule is Cc1ccn(COC(C)(C)C)n1. The van der Waals surface area contributed by atoms with Crippen LogP contribution in [0, 0.1) is 6.92 Å². The van der Waals surface area contributed by atoms with E-state index in [4.69, 9.17) is 4.74 Å². The Balaban J connectivity index is 2.44. The molecule has 1 rings (SSSR count). The van der Waals surface area contributed by atoms with Gasteiger partial charge in [0.1, 0.15) is 6.73 Å². The molecule has 0 unspecified atom stereocenters. The van der Waals surface area contributed by atoms with Gasteiger partial charge < -0.3 is 4.74 Å². The van der Waals surface area contributed by atoms with Crippen LogP contribution in [0.25, 0.3) is 0 Å². The first kappa shape index (κ1) is 9.26. The molecule has 0 spiro atoms. The summed E-state index contributed by atoms with van der Waals surface area (Å²) in [6.45, 7) is 8.58. The molecule has 1 heterocycles. The van der Waals surface area contributed by atoms with E-state index in [1.807, 2.05) is 40.0 Å². The zero-order chi connectivity index (χ0) is 9.19.